The highest BCUT2D eigenvalue weighted by molar-refractivity contribution is 5.74. The van der Waals surface area contributed by atoms with E-state index >= 15 is 0 Å². The second-order valence-corrected chi connectivity index (χ2v) is 6.22. The number of hydrogen-bond acceptors (Lipinski definition) is 2. The molecule has 1 aromatic rings. The smallest absolute Gasteiger partial charge is 0.309 e. The SMILES string of the molecule is CC(C)(C)Oc1ccc(CC(C)(C)C(=O)O)cc1. The van der Waals surface area contributed by atoms with E-state index in [0.717, 1.165) is 11.3 Å². The summed E-state index contributed by atoms with van der Waals surface area (Å²) in [5.41, 5.74) is 0.0394. The van der Waals surface area contributed by atoms with Gasteiger partial charge >= 0.3 is 5.97 Å². The fraction of sp³-hybridized carbons (Fsp3) is 0.533. The van der Waals surface area contributed by atoms with Crippen LogP contribution in [0, 0.1) is 5.41 Å². The molecule has 0 spiro atoms. The zero-order chi connectivity index (χ0) is 14.0. The molecule has 0 atom stereocenters. The fourth-order valence-electron chi connectivity index (χ4n) is 1.61. The molecule has 0 bridgehead atoms. The quantitative estimate of drug-likeness (QED) is 0.889. The Hall–Kier alpha value is -1.51. The first kappa shape index (κ1) is 14.6. The summed E-state index contributed by atoms with van der Waals surface area (Å²) >= 11 is 0. The van der Waals surface area contributed by atoms with Gasteiger partial charge in [0.15, 0.2) is 0 Å². The monoisotopic (exact) mass is 250 g/mol. The number of benzene rings is 1. The van der Waals surface area contributed by atoms with Crippen LogP contribution in [-0.2, 0) is 11.2 Å². The first-order valence-corrected chi connectivity index (χ1v) is 6.11. The molecule has 0 aliphatic heterocycles. The molecule has 0 saturated heterocycles. The molecule has 18 heavy (non-hydrogen) atoms. The molecule has 0 radical (unpaired) electrons. The van der Waals surface area contributed by atoms with Gasteiger partial charge in [-0.05, 0) is 58.7 Å². The van der Waals surface area contributed by atoms with Crippen molar-refractivity contribution in [1.82, 2.24) is 0 Å². The van der Waals surface area contributed by atoms with E-state index in [2.05, 4.69) is 0 Å². The Bertz CT molecular complexity index is 410. The predicted octanol–water partition coefficient (Wildman–Crippen LogP) is 3.52. The molecule has 0 heterocycles. The molecule has 100 valence electrons. The van der Waals surface area contributed by atoms with Crippen LogP contribution >= 0.6 is 0 Å². The standard InChI is InChI=1S/C15H22O3/c1-14(2,3)18-12-8-6-11(7-9-12)10-15(4,5)13(16)17/h6-9H,10H2,1-5H3,(H,16,17). The average molecular weight is 250 g/mol. The molecule has 0 aliphatic rings. The second kappa shape index (κ2) is 5.01. The Kier molecular flexibility index (Phi) is 4.05. The van der Waals surface area contributed by atoms with Gasteiger partial charge < -0.3 is 9.84 Å². The van der Waals surface area contributed by atoms with Crippen LogP contribution in [0.2, 0.25) is 0 Å². The molecule has 0 aliphatic carbocycles. The van der Waals surface area contributed by atoms with Gasteiger partial charge in [-0.2, -0.15) is 0 Å². The number of ether oxygens (including phenoxy) is 1. The minimum absolute atomic E-state index is 0.220. The predicted molar refractivity (Wildman–Crippen MR) is 71.9 cm³/mol. The van der Waals surface area contributed by atoms with E-state index in [4.69, 9.17) is 9.84 Å². The minimum atomic E-state index is -0.780. The van der Waals surface area contributed by atoms with Crippen molar-refractivity contribution in [3.05, 3.63) is 29.8 Å². The van der Waals surface area contributed by atoms with Crippen molar-refractivity contribution in [1.29, 1.82) is 0 Å². The maximum atomic E-state index is 11.1. The van der Waals surface area contributed by atoms with Crippen LogP contribution in [0.1, 0.15) is 40.2 Å². The van der Waals surface area contributed by atoms with Gasteiger partial charge in [-0.3, -0.25) is 4.79 Å². The van der Waals surface area contributed by atoms with Crippen LogP contribution in [0.25, 0.3) is 0 Å². The van der Waals surface area contributed by atoms with Gasteiger partial charge in [0.05, 0.1) is 5.41 Å². The van der Waals surface area contributed by atoms with Gasteiger partial charge in [-0.1, -0.05) is 12.1 Å². The lowest BCUT2D eigenvalue weighted by molar-refractivity contribution is -0.146. The third kappa shape index (κ3) is 4.40. The summed E-state index contributed by atoms with van der Waals surface area (Å²) in [5.74, 6) is 0.0249. The molecule has 0 saturated carbocycles. The van der Waals surface area contributed by atoms with E-state index in [-0.39, 0.29) is 5.60 Å². The maximum Gasteiger partial charge on any atom is 0.309 e. The molecular weight excluding hydrogens is 228 g/mol. The van der Waals surface area contributed by atoms with Crippen molar-refractivity contribution in [2.75, 3.05) is 0 Å². The van der Waals surface area contributed by atoms with Crippen molar-refractivity contribution >= 4 is 5.97 Å². The molecule has 1 aromatic carbocycles. The van der Waals surface area contributed by atoms with Crippen molar-refractivity contribution < 1.29 is 14.6 Å². The fourth-order valence-corrected chi connectivity index (χ4v) is 1.61. The number of aliphatic carboxylic acids is 1. The summed E-state index contributed by atoms with van der Waals surface area (Å²) in [7, 11) is 0. The normalized spacial score (nSPS) is 12.3. The van der Waals surface area contributed by atoms with E-state index in [0.29, 0.717) is 6.42 Å². The highest BCUT2D eigenvalue weighted by Crippen LogP contribution is 2.24. The lowest BCUT2D eigenvalue weighted by atomic mass is 9.86. The van der Waals surface area contributed by atoms with Crippen LogP contribution < -0.4 is 4.74 Å². The van der Waals surface area contributed by atoms with Crippen LogP contribution in [0.4, 0.5) is 0 Å². The second-order valence-electron chi connectivity index (χ2n) is 6.22. The van der Waals surface area contributed by atoms with Crippen LogP contribution in [0.3, 0.4) is 0 Å². The summed E-state index contributed by atoms with van der Waals surface area (Å²) in [6.07, 6.45) is 0.512. The Morgan fingerprint density at radius 3 is 2.00 bits per heavy atom. The van der Waals surface area contributed by atoms with Crippen molar-refractivity contribution in [2.45, 2.75) is 46.6 Å². The van der Waals surface area contributed by atoms with Gasteiger partial charge in [-0.25, -0.2) is 0 Å². The molecule has 0 fully saturated rings. The van der Waals surface area contributed by atoms with E-state index in [1.54, 1.807) is 13.8 Å². The third-order valence-corrected chi connectivity index (χ3v) is 2.57. The average Bonchev–Trinajstić information content (AvgIpc) is 2.18. The largest absolute Gasteiger partial charge is 0.488 e. The van der Waals surface area contributed by atoms with Crippen LogP contribution in [0.5, 0.6) is 5.75 Å². The summed E-state index contributed by atoms with van der Waals surface area (Å²) in [4.78, 5) is 11.1. The molecule has 3 nitrogen and oxygen atoms in total. The summed E-state index contributed by atoms with van der Waals surface area (Å²) < 4.78 is 5.72. The highest BCUT2D eigenvalue weighted by Gasteiger charge is 2.27. The van der Waals surface area contributed by atoms with Crippen molar-refractivity contribution in [3.63, 3.8) is 0 Å². The molecule has 0 unspecified atom stereocenters. The van der Waals surface area contributed by atoms with Crippen molar-refractivity contribution in [2.24, 2.45) is 5.41 Å². The third-order valence-electron chi connectivity index (χ3n) is 2.57. The Morgan fingerprint density at radius 1 is 1.11 bits per heavy atom. The molecule has 0 aromatic heterocycles. The Labute approximate surface area is 109 Å². The Morgan fingerprint density at radius 2 is 1.61 bits per heavy atom. The van der Waals surface area contributed by atoms with E-state index in [9.17, 15) is 4.79 Å². The minimum Gasteiger partial charge on any atom is -0.488 e. The lowest BCUT2D eigenvalue weighted by Gasteiger charge is -2.22. The van der Waals surface area contributed by atoms with Gasteiger partial charge in [0, 0.05) is 0 Å². The Balaban J connectivity index is 2.75. The first-order valence-electron chi connectivity index (χ1n) is 6.11. The van der Waals surface area contributed by atoms with Crippen LogP contribution in [-0.4, -0.2) is 16.7 Å². The highest BCUT2D eigenvalue weighted by atomic mass is 16.5. The molecule has 0 amide bonds. The van der Waals surface area contributed by atoms with E-state index < -0.39 is 11.4 Å². The van der Waals surface area contributed by atoms with Gasteiger partial charge in [-0.15, -0.1) is 0 Å². The zero-order valence-electron chi connectivity index (χ0n) is 11.8. The lowest BCUT2D eigenvalue weighted by Crippen LogP contribution is -2.26. The molecule has 3 heteroatoms. The van der Waals surface area contributed by atoms with Crippen molar-refractivity contribution in [3.8, 4) is 5.75 Å². The van der Waals surface area contributed by atoms with Gasteiger partial charge in [0.2, 0.25) is 0 Å². The van der Waals surface area contributed by atoms with Gasteiger partial charge in [0.25, 0.3) is 0 Å². The topological polar surface area (TPSA) is 46.5 Å². The number of carboxylic acids is 1. The van der Waals surface area contributed by atoms with E-state index in [1.165, 1.54) is 0 Å². The first-order chi connectivity index (χ1) is 8.10. The summed E-state index contributed by atoms with van der Waals surface area (Å²) in [6, 6.07) is 7.62. The molecule has 1 rings (SSSR count). The number of carbonyl (C=O) groups is 1. The van der Waals surface area contributed by atoms with E-state index in [1.807, 2.05) is 45.0 Å². The number of rotatable bonds is 4. The molecule has 1 N–H and O–H groups in total. The van der Waals surface area contributed by atoms with Crippen LogP contribution in [0.15, 0.2) is 24.3 Å². The molecular formula is C15H22O3. The summed E-state index contributed by atoms with van der Waals surface area (Å²) in [6.45, 7) is 9.45. The summed E-state index contributed by atoms with van der Waals surface area (Å²) in [5, 5.41) is 9.09. The number of hydrogen-bond donors (Lipinski definition) is 1. The van der Waals surface area contributed by atoms with Gasteiger partial charge in [0.1, 0.15) is 11.4 Å². The zero-order valence-corrected chi connectivity index (χ0v) is 11.8. The maximum absolute atomic E-state index is 11.1. The number of carboxylic acid groups (broad SMARTS) is 1.